The van der Waals surface area contributed by atoms with E-state index in [4.69, 9.17) is 11.6 Å². The van der Waals surface area contributed by atoms with Crippen molar-refractivity contribution < 1.29 is 22.7 Å². The summed E-state index contributed by atoms with van der Waals surface area (Å²) in [5.74, 6) is -1.20. The summed E-state index contributed by atoms with van der Waals surface area (Å²) in [4.78, 5) is 23.7. The van der Waals surface area contributed by atoms with E-state index in [9.17, 15) is 18.0 Å². The van der Waals surface area contributed by atoms with Crippen LogP contribution in [-0.4, -0.2) is 49.9 Å². The molecule has 27 heavy (non-hydrogen) atoms. The minimum atomic E-state index is -3.98. The Balaban J connectivity index is 2.15. The van der Waals surface area contributed by atoms with Crippen molar-refractivity contribution in [2.24, 2.45) is 7.05 Å². The molecule has 1 amide bonds. The zero-order chi connectivity index (χ0) is 20.4. The van der Waals surface area contributed by atoms with Gasteiger partial charge in [-0.2, -0.15) is 4.31 Å². The highest BCUT2D eigenvalue weighted by Gasteiger charge is 2.26. The van der Waals surface area contributed by atoms with Gasteiger partial charge in [-0.05, 0) is 30.7 Å². The molecule has 0 radical (unpaired) electrons. The lowest BCUT2D eigenvalue weighted by Crippen LogP contribution is -2.34. The summed E-state index contributed by atoms with van der Waals surface area (Å²) >= 11 is 6.07. The number of halogens is 1. The number of anilines is 1. The maximum Gasteiger partial charge on any atom is 0.354 e. The van der Waals surface area contributed by atoms with E-state index in [1.807, 2.05) is 6.92 Å². The molecule has 0 saturated carbocycles. The summed E-state index contributed by atoms with van der Waals surface area (Å²) < 4.78 is 32.2. The van der Waals surface area contributed by atoms with Gasteiger partial charge in [-0.3, -0.25) is 4.79 Å². The molecule has 1 aromatic heterocycles. The molecular formula is C17H20ClN3O5S. The summed E-state index contributed by atoms with van der Waals surface area (Å²) in [7, 11) is 0.0283. The Bertz CT molecular complexity index is 984. The molecule has 2 rings (SSSR count). The lowest BCUT2D eigenvalue weighted by Gasteiger charge is -2.16. The molecule has 0 aliphatic heterocycles. The highest BCUT2D eigenvalue weighted by molar-refractivity contribution is 7.89. The van der Waals surface area contributed by atoms with Crippen molar-refractivity contribution in [2.45, 2.75) is 11.8 Å². The number of ether oxygens (including phenoxy) is 1. The summed E-state index contributed by atoms with van der Waals surface area (Å²) in [5.41, 5.74) is 1.41. The number of hydrogen-bond acceptors (Lipinski definition) is 5. The molecule has 0 unspecified atom stereocenters. The zero-order valence-corrected chi connectivity index (χ0v) is 16.9. The lowest BCUT2D eigenvalue weighted by molar-refractivity contribution is -0.116. The fraction of sp³-hybridized carbons (Fsp3) is 0.294. The zero-order valence-electron chi connectivity index (χ0n) is 15.3. The first kappa shape index (κ1) is 20.9. The van der Waals surface area contributed by atoms with Gasteiger partial charge in [0.25, 0.3) is 0 Å². The van der Waals surface area contributed by atoms with Crippen LogP contribution >= 0.6 is 11.6 Å². The molecular weight excluding hydrogens is 394 g/mol. The van der Waals surface area contributed by atoms with Crippen molar-refractivity contribution in [3.63, 3.8) is 0 Å². The number of methoxy groups -OCH3 is 1. The molecule has 0 bridgehead atoms. The molecule has 0 atom stereocenters. The Hall–Kier alpha value is -2.36. The molecule has 10 heteroatoms. The van der Waals surface area contributed by atoms with Gasteiger partial charge in [0, 0.05) is 20.3 Å². The molecule has 0 aliphatic rings. The van der Waals surface area contributed by atoms with Gasteiger partial charge in [0.05, 0.1) is 24.4 Å². The minimum Gasteiger partial charge on any atom is -0.464 e. The van der Waals surface area contributed by atoms with Crippen molar-refractivity contribution in [1.82, 2.24) is 8.87 Å². The van der Waals surface area contributed by atoms with Crippen LogP contribution in [0.3, 0.4) is 0 Å². The fourth-order valence-corrected chi connectivity index (χ4v) is 3.84. The molecule has 1 aromatic carbocycles. The van der Waals surface area contributed by atoms with Crippen LogP contribution in [0.2, 0.25) is 5.02 Å². The first-order valence-corrected chi connectivity index (χ1v) is 9.65. The van der Waals surface area contributed by atoms with Crippen LogP contribution in [0.25, 0.3) is 0 Å². The van der Waals surface area contributed by atoms with Crippen molar-refractivity contribution in [3.8, 4) is 0 Å². The van der Waals surface area contributed by atoms with Crippen LogP contribution in [0.1, 0.15) is 16.1 Å². The van der Waals surface area contributed by atoms with Gasteiger partial charge < -0.3 is 14.6 Å². The van der Waals surface area contributed by atoms with E-state index in [0.717, 1.165) is 9.87 Å². The number of rotatable bonds is 6. The monoisotopic (exact) mass is 413 g/mol. The second-order valence-corrected chi connectivity index (χ2v) is 8.41. The predicted molar refractivity (Wildman–Crippen MR) is 101 cm³/mol. The van der Waals surface area contributed by atoms with E-state index in [2.05, 4.69) is 10.1 Å². The topological polar surface area (TPSA) is 97.7 Å². The molecule has 0 fully saturated rings. The number of nitrogens with one attached hydrogen (secondary N) is 1. The molecule has 0 saturated heterocycles. The summed E-state index contributed by atoms with van der Waals surface area (Å²) in [6.07, 6.45) is 1.28. The third kappa shape index (κ3) is 4.68. The second-order valence-electron chi connectivity index (χ2n) is 5.96. The average Bonchev–Trinajstić information content (AvgIpc) is 2.99. The van der Waals surface area contributed by atoms with E-state index in [0.29, 0.717) is 10.7 Å². The van der Waals surface area contributed by atoms with Gasteiger partial charge in [0.15, 0.2) is 0 Å². The number of nitrogens with zero attached hydrogens (tertiary/aromatic N) is 2. The van der Waals surface area contributed by atoms with Crippen molar-refractivity contribution in [3.05, 3.63) is 46.7 Å². The van der Waals surface area contributed by atoms with E-state index < -0.39 is 28.4 Å². The summed E-state index contributed by atoms with van der Waals surface area (Å²) in [5, 5.41) is 2.94. The maximum absolute atomic E-state index is 12.7. The third-order valence-corrected chi connectivity index (χ3v) is 5.93. The Kier molecular flexibility index (Phi) is 6.30. The molecule has 8 nitrogen and oxygen atoms in total. The standard InChI is InChI=1S/C17H20ClN3O5S/c1-11-5-6-14(13(18)7-11)19-16(22)10-21(3)27(24,25)12-8-15(17(23)26-4)20(2)9-12/h5-9H,10H2,1-4H3,(H,19,22). The van der Waals surface area contributed by atoms with Gasteiger partial charge in [-0.25, -0.2) is 13.2 Å². The van der Waals surface area contributed by atoms with Crippen LogP contribution in [0.5, 0.6) is 0 Å². The Morgan fingerprint density at radius 2 is 1.96 bits per heavy atom. The Morgan fingerprint density at radius 1 is 1.30 bits per heavy atom. The smallest absolute Gasteiger partial charge is 0.354 e. The molecule has 0 spiro atoms. The van der Waals surface area contributed by atoms with Crippen LogP contribution in [-0.2, 0) is 26.6 Å². The van der Waals surface area contributed by atoms with Crippen LogP contribution in [0, 0.1) is 6.92 Å². The summed E-state index contributed by atoms with van der Waals surface area (Å²) in [6.45, 7) is 1.44. The van der Waals surface area contributed by atoms with Crippen molar-refractivity contribution in [2.75, 3.05) is 26.0 Å². The predicted octanol–water partition coefficient (Wildman–Crippen LogP) is 2.03. The number of esters is 1. The largest absolute Gasteiger partial charge is 0.464 e. The number of aryl methyl sites for hydroxylation is 2. The Morgan fingerprint density at radius 3 is 2.56 bits per heavy atom. The third-order valence-electron chi connectivity index (χ3n) is 3.85. The fourth-order valence-electron chi connectivity index (χ4n) is 2.36. The molecule has 1 heterocycles. The number of carbonyl (C=O) groups is 2. The lowest BCUT2D eigenvalue weighted by atomic mass is 10.2. The second kappa shape index (κ2) is 8.12. The van der Waals surface area contributed by atoms with E-state index in [-0.39, 0.29) is 10.6 Å². The van der Waals surface area contributed by atoms with Gasteiger partial charge in [-0.15, -0.1) is 0 Å². The highest BCUT2D eigenvalue weighted by Crippen LogP contribution is 2.23. The van der Waals surface area contributed by atoms with Gasteiger partial charge >= 0.3 is 5.97 Å². The van der Waals surface area contributed by atoms with Crippen LogP contribution in [0.4, 0.5) is 5.69 Å². The number of benzene rings is 1. The average molecular weight is 414 g/mol. The molecule has 146 valence electrons. The van der Waals surface area contributed by atoms with Gasteiger partial charge in [0.1, 0.15) is 10.6 Å². The van der Waals surface area contributed by atoms with Crippen molar-refractivity contribution >= 4 is 39.2 Å². The van der Waals surface area contributed by atoms with E-state index in [1.54, 1.807) is 18.2 Å². The number of amides is 1. The number of sulfonamides is 1. The van der Waals surface area contributed by atoms with E-state index in [1.165, 1.54) is 38.0 Å². The van der Waals surface area contributed by atoms with Crippen LogP contribution < -0.4 is 5.32 Å². The van der Waals surface area contributed by atoms with Gasteiger partial charge in [-0.1, -0.05) is 17.7 Å². The quantitative estimate of drug-likeness (QED) is 0.731. The normalized spacial score (nSPS) is 11.5. The first-order valence-electron chi connectivity index (χ1n) is 7.83. The van der Waals surface area contributed by atoms with Gasteiger partial charge in [0.2, 0.25) is 15.9 Å². The van der Waals surface area contributed by atoms with Crippen molar-refractivity contribution in [1.29, 1.82) is 0 Å². The minimum absolute atomic E-state index is 0.0837. The number of aromatic nitrogens is 1. The molecule has 0 aliphatic carbocycles. The molecule has 1 N–H and O–H groups in total. The number of carbonyl (C=O) groups excluding carboxylic acids is 2. The number of hydrogen-bond donors (Lipinski definition) is 1. The first-order chi connectivity index (χ1) is 12.6. The molecule has 2 aromatic rings. The number of likely N-dealkylation sites (N-methyl/N-ethyl adjacent to an activating group) is 1. The highest BCUT2D eigenvalue weighted by atomic mass is 35.5. The summed E-state index contributed by atoms with van der Waals surface area (Å²) in [6, 6.07) is 6.31. The SMILES string of the molecule is COC(=O)c1cc(S(=O)(=O)N(C)CC(=O)Nc2ccc(C)cc2Cl)cn1C. The maximum atomic E-state index is 12.7. The van der Waals surface area contributed by atoms with Crippen LogP contribution in [0.15, 0.2) is 35.4 Å². The Labute approximate surface area is 162 Å². The van der Waals surface area contributed by atoms with E-state index >= 15 is 0 Å².